The fourth-order valence-electron chi connectivity index (χ4n) is 3.27. The van der Waals surface area contributed by atoms with E-state index in [4.69, 9.17) is 6.11 Å². The van der Waals surface area contributed by atoms with Crippen LogP contribution < -0.4 is 0 Å². The largest absolute Gasteiger partial charge is 0.381 e. The lowest BCUT2D eigenvalue weighted by molar-refractivity contribution is 0.181. The summed E-state index contributed by atoms with van der Waals surface area (Å²) >= 11 is 0. The molecule has 2 fully saturated rings. The molecule has 0 radical (unpaired) electrons. The van der Waals surface area contributed by atoms with Crippen LogP contribution >= 0.6 is 0 Å². The van der Waals surface area contributed by atoms with Gasteiger partial charge in [0.15, 0.2) is 0 Å². The van der Waals surface area contributed by atoms with E-state index in [-0.39, 0.29) is 6.40 Å². The van der Waals surface area contributed by atoms with Crippen LogP contribution in [0.15, 0.2) is 12.2 Å². The van der Waals surface area contributed by atoms with E-state index in [0.717, 1.165) is 43.8 Å². The zero-order chi connectivity index (χ0) is 10.3. The third kappa shape index (κ3) is 1.63. The van der Waals surface area contributed by atoms with E-state index in [0.29, 0.717) is 5.92 Å². The van der Waals surface area contributed by atoms with Crippen LogP contribution in [0.1, 0.15) is 33.5 Å². The molecule has 1 aliphatic heterocycles. The summed E-state index contributed by atoms with van der Waals surface area (Å²) in [5.74, 6) is 2.99. The van der Waals surface area contributed by atoms with Crippen LogP contribution in [0.4, 0.5) is 0 Å². The molecule has 1 nitrogen and oxygen atoms in total. The number of fused-ring (bicyclic) bond motifs is 2. The smallest absolute Gasteiger partial charge is 0.0495 e. The highest BCUT2D eigenvalue weighted by molar-refractivity contribution is 5.09. The molecule has 1 saturated carbocycles. The second kappa shape index (κ2) is 3.69. The highest BCUT2D eigenvalue weighted by Crippen LogP contribution is 2.45. The van der Waals surface area contributed by atoms with Gasteiger partial charge in [-0.05, 0) is 55.8 Å². The third-order valence-electron chi connectivity index (χ3n) is 4.15. The molecule has 5 atom stereocenters. The molecule has 5 unspecified atom stereocenters. The Labute approximate surface area is 87.9 Å². The summed E-state index contributed by atoms with van der Waals surface area (Å²) in [4.78, 5) is 0. The van der Waals surface area contributed by atoms with E-state index in [1.807, 2.05) is 0 Å². The topological polar surface area (TPSA) is 9.23 Å². The molecule has 3 aliphatic rings. The molecule has 2 bridgehead atoms. The maximum atomic E-state index is 8.21. The summed E-state index contributed by atoms with van der Waals surface area (Å²) in [6.45, 7) is 1.72. The van der Waals surface area contributed by atoms with Gasteiger partial charge in [-0.25, -0.2) is 0 Å². The molecule has 0 amide bonds. The molecular weight excluding hydrogens is 172 g/mol. The standard InChI is InChI=1S/C13H20O/c1(10-5-6-14-9-10)3-12-7-11-2-4-13(12)8-11/h2,4,10-13H,1,3,5-9H2/i1T. The Hall–Kier alpha value is -0.300. The van der Waals surface area contributed by atoms with Crippen molar-refractivity contribution in [3.05, 3.63) is 12.2 Å². The van der Waals surface area contributed by atoms with Crippen molar-refractivity contribution in [1.29, 1.82) is 0 Å². The number of rotatable bonds is 3. The molecule has 2 aliphatic carbocycles. The van der Waals surface area contributed by atoms with E-state index >= 15 is 0 Å². The molecule has 0 N–H and O–H groups in total. The first-order valence-corrected chi connectivity index (χ1v) is 6.01. The minimum Gasteiger partial charge on any atom is -0.381 e. The molecule has 0 aromatic heterocycles. The van der Waals surface area contributed by atoms with E-state index in [2.05, 4.69) is 12.2 Å². The second-order valence-corrected chi connectivity index (χ2v) is 5.14. The minimum atomic E-state index is 0.130. The Morgan fingerprint density at radius 2 is 2.36 bits per heavy atom. The number of allylic oxidation sites excluding steroid dienone is 2. The van der Waals surface area contributed by atoms with E-state index in [1.165, 1.54) is 12.8 Å². The summed E-state index contributed by atoms with van der Waals surface area (Å²) in [6, 6.07) is 0. The Balaban J connectivity index is 1.54. The quantitative estimate of drug-likeness (QED) is 0.627. The van der Waals surface area contributed by atoms with Crippen molar-refractivity contribution in [2.75, 3.05) is 13.2 Å². The van der Waals surface area contributed by atoms with Gasteiger partial charge in [-0.3, -0.25) is 0 Å². The molecule has 78 valence electrons. The first kappa shape index (κ1) is 7.92. The Bertz CT molecular complexity index is 257. The van der Waals surface area contributed by atoms with Gasteiger partial charge < -0.3 is 4.74 Å². The van der Waals surface area contributed by atoms with Crippen molar-refractivity contribution in [2.24, 2.45) is 23.7 Å². The summed E-state index contributed by atoms with van der Waals surface area (Å²) < 4.78 is 13.6. The van der Waals surface area contributed by atoms with Crippen LogP contribution in [0.5, 0.6) is 0 Å². The number of hydrogen-bond acceptors (Lipinski definition) is 1. The molecule has 0 aromatic rings. The maximum Gasteiger partial charge on any atom is 0.0495 e. The zero-order valence-corrected chi connectivity index (χ0v) is 8.69. The first-order chi connectivity index (χ1) is 7.33. The SMILES string of the molecule is [3H]C(CC1CC2C=CC1C2)C1CCOC1. The predicted octanol–water partition coefficient (Wildman–Crippen LogP) is 3.02. The monoisotopic (exact) mass is 194 g/mol. The lowest BCUT2D eigenvalue weighted by Gasteiger charge is -2.19. The Morgan fingerprint density at radius 3 is 3.00 bits per heavy atom. The highest BCUT2D eigenvalue weighted by atomic mass is 16.5. The second-order valence-electron chi connectivity index (χ2n) is 5.14. The molecule has 1 heterocycles. The van der Waals surface area contributed by atoms with Gasteiger partial charge in [0.05, 0.1) is 0 Å². The summed E-state index contributed by atoms with van der Waals surface area (Å²) in [5.41, 5.74) is 0. The van der Waals surface area contributed by atoms with Gasteiger partial charge in [0.25, 0.3) is 0 Å². The van der Waals surface area contributed by atoms with Crippen LogP contribution in [0.2, 0.25) is 0 Å². The molecule has 14 heavy (non-hydrogen) atoms. The number of hydrogen-bond donors (Lipinski definition) is 0. The van der Waals surface area contributed by atoms with Crippen LogP contribution in [-0.2, 0) is 4.74 Å². The van der Waals surface area contributed by atoms with E-state index < -0.39 is 0 Å². The minimum absolute atomic E-state index is 0.130. The van der Waals surface area contributed by atoms with Gasteiger partial charge >= 0.3 is 0 Å². The lowest BCUT2D eigenvalue weighted by atomic mass is 9.86. The average molecular weight is 194 g/mol. The molecule has 1 heteroatoms. The molecule has 0 aromatic carbocycles. The van der Waals surface area contributed by atoms with Crippen molar-refractivity contribution < 1.29 is 6.11 Å². The van der Waals surface area contributed by atoms with Gasteiger partial charge in [-0.2, -0.15) is 0 Å². The van der Waals surface area contributed by atoms with Crippen LogP contribution in [-0.4, -0.2) is 13.2 Å². The lowest BCUT2D eigenvalue weighted by Crippen LogP contribution is -2.10. The highest BCUT2D eigenvalue weighted by Gasteiger charge is 2.35. The predicted molar refractivity (Wildman–Crippen MR) is 57.0 cm³/mol. The molecule has 0 spiro atoms. The van der Waals surface area contributed by atoms with Gasteiger partial charge in [-0.15, -0.1) is 0 Å². The Morgan fingerprint density at radius 1 is 1.36 bits per heavy atom. The summed E-state index contributed by atoms with van der Waals surface area (Å²) in [7, 11) is 0. The first-order valence-electron chi connectivity index (χ1n) is 6.59. The van der Waals surface area contributed by atoms with Crippen LogP contribution in [0, 0.1) is 23.7 Å². The van der Waals surface area contributed by atoms with E-state index in [1.54, 1.807) is 0 Å². The van der Waals surface area contributed by atoms with E-state index in [9.17, 15) is 0 Å². The Kier molecular flexibility index (Phi) is 2.09. The maximum absolute atomic E-state index is 8.21. The number of ether oxygens (including phenoxy) is 1. The van der Waals surface area contributed by atoms with Crippen molar-refractivity contribution in [1.82, 2.24) is 0 Å². The van der Waals surface area contributed by atoms with Crippen molar-refractivity contribution in [3.63, 3.8) is 0 Å². The fourth-order valence-corrected chi connectivity index (χ4v) is 3.27. The van der Waals surface area contributed by atoms with Crippen LogP contribution in [0.25, 0.3) is 0 Å². The normalized spacial score (nSPS) is 48.4. The van der Waals surface area contributed by atoms with Crippen molar-refractivity contribution >= 4 is 0 Å². The average Bonchev–Trinajstić information content (AvgIpc) is 2.95. The van der Waals surface area contributed by atoms with Crippen LogP contribution in [0.3, 0.4) is 0 Å². The van der Waals surface area contributed by atoms with Crippen molar-refractivity contribution in [3.8, 4) is 0 Å². The van der Waals surface area contributed by atoms with Gasteiger partial charge in [0.2, 0.25) is 0 Å². The fraction of sp³-hybridized carbons (Fsp3) is 0.846. The van der Waals surface area contributed by atoms with Gasteiger partial charge in [0, 0.05) is 14.6 Å². The van der Waals surface area contributed by atoms with Gasteiger partial charge in [-0.1, -0.05) is 12.2 Å². The molecular formula is C13H20O. The third-order valence-corrected chi connectivity index (χ3v) is 4.15. The molecule has 1 saturated heterocycles. The molecule has 3 rings (SSSR count). The summed E-state index contributed by atoms with van der Waals surface area (Å²) in [5, 5.41) is 0. The van der Waals surface area contributed by atoms with Crippen molar-refractivity contribution in [2.45, 2.75) is 32.1 Å². The van der Waals surface area contributed by atoms with Gasteiger partial charge in [0.1, 0.15) is 0 Å². The zero-order valence-electron chi connectivity index (χ0n) is 9.69. The summed E-state index contributed by atoms with van der Waals surface area (Å²) in [6.07, 6.45) is 9.87.